The molecule has 3 N–H and O–H groups in total. The molecular weight excluding hydrogens is 340 g/mol. The molecule has 1 aliphatic carbocycles. The van der Waals surface area contributed by atoms with Crippen molar-refractivity contribution in [3.63, 3.8) is 0 Å². The Hall–Kier alpha value is -2.41. The van der Waals surface area contributed by atoms with E-state index in [1.54, 1.807) is 0 Å². The number of nitrogens with one attached hydrogen (secondary N) is 2. The summed E-state index contributed by atoms with van der Waals surface area (Å²) in [7, 11) is 0. The third-order valence-electron chi connectivity index (χ3n) is 6.35. The highest BCUT2D eigenvalue weighted by Crippen LogP contribution is 2.45. The first kappa shape index (κ1) is 16.7. The lowest BCUT2D eigenvalue weighted by atomic mass is 9.81. The number of aromatic amines is 1. The monoisotopic (exact) mass is 366 g/mol. The molecule has 2 aromatic heterocycles. The maximum atomic E-state index is 11.4. The lowest BCUT2D eigenvalue weighted by Crippen LogP contribution is -2.44. The first-order valence-electron chi connectivity index (χ1n) is 10.0. The van der Waals surface area contributed by atoms with Crippen LogP contribution in [-0.4, -0.2) is 36.3 Å². The average Bonchev–Trinajstić information content (AvgIpc) is 3.15. The maximum Gasteiger partial charge on any atom is 0.154 e. The van der Waals surface area contributed by atoms with Gasteiger partial charge in [-0.2, -0.15) is 5.10 Å². The van der Waals surface area contributed by atoms with Gasteiger partial charge in [0, 0.05) is 11.3 Å². The number of aliphatic hydroxyl groups excluding tert-OH is 1. The summed E-state index contributed by atoms with van der Waals surface area (Å²) in [5.74, 6) is 1.27. The van der Waals surface area contributed by atoms with Crippen LogP contribution in [0.3, 0.4) is 0 Å². The van der Waals surface area contributed by atoms with Gasteiger partial charge in [-0.3, -0.25) is 5.10 Å². The summed E-state index contributed by atoms with van der Waals surface area (Å²) in [6.07, 6.45) is 6.77. The maximum absolute atomic E-state index is 11.4. The van der Waals surface area contributed by atoms with E-state index in [-0.39, 0.29) is 12.1 Å². The molecule has 0 spiro atoms. The van der Waals surface area contributed by atoms with E-state index in [1.165, 1.54) is 38.5 Å². The van der Waals surface area contributed by atoms with Crippen LogP contribution in [0.1, 0.15) is 61.9 Å². The Kier molecular flexibility index (Phi) is 4.11. The molecule has 1 aliphatic heterocycles. The summed E-state index contributed by atoms with van der Waals surface area (Å²) in [5, 5.41) is 31.3. The number of anilines is 1. The molecule has 2 aliphatic rings. The van der Waals surface area contributed by atoms with Crippen molar-refractivity contribution in [1.82, 2.24) is 25.2 Å². The van der Waals surface area contributed by atoms with Gasteiger partial charge in [-0.25, -0.2) is 4.68 Å². The first-order chi connectivity index (χ1) is 13.2. The van der Waals surface area contributed by atoms with Crippen LogP contribution in [0, 0.1) is 12.8 Å². The van der Waals surface area contributed by atoms with Crippen molar-refractivity contribution in [3.05, 3.63) is 35.5 Å². The Morgan fingerprint density at radius 3 is 2.70 bits per heavy atom. The van der Waals surface area contributed by atoms with Gasteiger partial charge in [0.2, 0.25) is 0 Å². The van der Waals surface area contributed by atoms with Gasteiger partial charge in [-0.1, -0.05) is 43.0 Å². The molecule has 0 saturated heterocycles. The summed E-state index contributed by atoms with van der Waals surface area (Å²) in [6.45, 7) is 1.96. The Morgan fingerprint density at radius 2 is 1.89 bits per heavy atom. The summed E-state index contributed by atoms with van der Waals surface area (Å²) in [6, 6.07) is 7.85. The van der Waals surface area contributed by atoms with E-state index in [1.807, 2.05) is 35.9 Å². The molecule has 1 fully saturated rings. The molecule has 0 unspecified atom stereocenters. The number of aliphatic hydroxyl groups is 1. The van der Waals surface area contributed by atoms with Gasteiger partial charge < -0.3 is 10.4 Å². The molecule has 1 saturated carbocycles. The van der Waals surface area contributed by atoms with Crippen molar-refractivity contribution in [2.24, 2.45) is 5.92 Å². The molecule has 7 heteroatoms. The highest BCUT2D eigenvalue weighted by Gasteiger charge is 2.44. The highest BCUT2D eigenvalue weighted by molar-refractivity contribution is 5.74. The Labute approximate surface area is 158 Å². The van der Waals surface area contributed by atoms with Crippen LogP contribution in [-0.2, 0) is 0 Å². The van der Waals surface area contributed by atoms with Crippen molar-refractivity contribution in [2.45, 2.75) is 63.6 Å². The predicted octanol–water partition coefficient (Wildman–Crippen LogP) is 3.50. The minimum absolute atomic E-state index is 0.0819. The van der Waals surface area contributed by atoms with Gasteiger partial charge in [-0.05, 0) is 37.8 Å². The lowest BCUT2D eigenvalue weighted by Gasteiger charge is -2.40. The second-order valence-electron chi connectivity index (χ2n) is 7.99. The van der Waals surface area contributed by atoms with Gasteiger partial charge in [0.05, 0.1) is 11.6 Å². The Bertz CT molecular complexity index is 939. The quantitative estimate of drug-likeness (QED) is 0.604. The molecule has 142 valence electrons. The van der Waals surface area contributed by atoms with E-state index in [4.69, 9.17) is 0 Å². The van der Waals surface area contributed by atoms with Crippen molar-refractivity contribution >= 4 is 16.9 Å². The number of benzene rings is 1. The second-order valence-corrected chi connectivity index (χ2v) is 7.99. The van der Waals surface area contributed by atoms with E-state index in [2.05, 4.69) is 25.8 Å². The molecule has 7 nitrogen and oxygen atoms in total. The van der Waals surface area contributed by atoms with E-state index in [9.17, 15) is 5.11 Å². The van der Waals surface area contributed by atoms with Crippen LogP contribution in [0.2, 0.25) is 0 Å². The minimum Gasteiger partial charge on any atom is -0.386 e. The van der Waals surface area contributed by atoms with Crippen molar-refractivity contribution in [3.8, 4) is 0 Å². The second kappa shape index (κ2) is 6.64. The lowest BCUT2D eigenvalue weighted by molar-refractivity contribution is 0.0745. The minimum atomic E-state index is -0.668. The fourth-order valence-electron chi connectivity index (χ4n) is 4.98. The van der Waals surface area contributed by atoms with Crippen LogP contribution >= 0.6 is 0 Å². The van der Waals surface area contributed by atoms with E-state index in [0.717, 1.165) is 28.1 Å². The fourth-order valence-corrected chi connectivity index (χ4v) is 4.98. The summed E-state index contributed by atoms with van der Waals surface area (Å²) >= 11 is 0. The molecule has 5 rings (SSSR count). The first-order valence-corrected chi connectivity index (χ1v) is 10.0. The molecule has 3 heterocycles. The zero-order valence-electron chi connectivity index (χ0n) is 15.6. The molecular formula is C20H26N6O. The van der Waals surface area contributed by atoms with Gasteiger partial charge in [0.15, 0.2) is 5.82 Å². The van der Waals surface area contributed by atoms with Crippen molar-refractivity contribution in [2.75, 3.05) is 5.32 Å². The van der Waals surface area contributed by atoms with Crippen LogP contribution in [0.25, 0.3) is 11.0 Å². The van der Waals surface area contributed by atoms with E-state index in [0.29, 0.717) is 5.92 Å². The van der Waals surface area contributed by atoms with Crippen molar-refractivity contribution < 1.29 is 5.11 Å². The Morgan fingerprint density at radius 1 is 1.11 bits per heavy atom. The Balaban J connectivity index is 1.62. The van der Waals surface area contributed by atoms with Gasteiger partial charge in [0.25, 0.3) is 0 Å². The number of para-hydroxylation sites is 1. The summed E-state index contributed by atoms with van der Waals surface area (Å²) in [4.78, 5) is 0. The summed E-state index contributed by atoms with van der Waals surface area (Å²) < 4.78 is 1.93. The van der Waals surface area contributed by atoms with Crippen LogP contribution in [0.5, 0.6) is 0 Å². The molecule has 0 radical (unpaired) electrons. The number of nitrogens with zero attached hydrogens (tertiary/aromatic N) is 4. The molecule has 3 atom stereocenters. The molecule has 1 aromatic carbocycles. The molecule has 27 heavy (non-hydrogen) atoms. The number of aryl methyl sites for hydroxylation is 1. The zero-order chi connectivity index (χ0) is 18.4. The predicted molar refractivity (Wildman–Crippen MR) is 103 cm³/mol. The normalized spacial score (nSPS) is 26.5. The van der Waals surface area contributed by atoms with Crippen molar-refractivity contribution in [1.29, 1.82) is 0 Å². The molecule has 3 aromatic rings. The average molecular weight is 366 g/mol. The number of aromatic nitrogens is 5. The molecule has 0 bridgehead atoms. The van der Waals surface area contributed by atoms with Crippen LogP contribution in [0.4, 0.5) is 5.82 Å². The van der Waals surface area contributed by atoms with Crippen LogP contribution < -0.4 is 5.32 Å². The summed E-state index contributed by atoms with van der Waals surface area (Å²) in [5.41, 5.74) is 3.58. The smallest absolute Gasteiger partial charge is 0.154 e. The number of rotatable bonds is 2. The third-order valence-corrected chi connectivity index (χ3v) is 6.35. The van der Waals surface area contributed by atoms with E-state index >= 15 is 0 Å². The third kappa shape index (κ3) is 2.72. The van der Waals surface area contributed by atoms with Gasteiger partial charge in [-0.15, -0.1) is 5.10 Å². The zero-order valence-corrected chi connectivity index (χ0v) is 15.6. The van der Waals surface area contributed by atoms with Gasteiger partial charge >= 0.3 is 0 Å². The largest absolute Gasteiger partial charge is 0.386 e. The van der Waals surface area contributed by atoms with Crippen LogP contribution in [0.15, 0.2) is 24.3 Å². The molecule has 0 amide bonds. The SMILES string of the molecule is Cc1[nH]nc2c1[C@@H](O)[C@H](n1nnc3ccccc31)[C@@H](C1CCCCCC1)N2. The standard InChI is InChI=1S/C20H26N6O/c1-12-16-19(27)18(26-15-11-7-6-10-14(15)23-25-26)17(21-20(16)24-22-12)13-8-4-2-3-5-9-13/h6-7,10-11,13,17-19,27H,2-5,8-9H2,1H3,(H2,21,22,24)/t17-,18-,19-/m1/s1. The topological polar surface area (TPSA) is 91.6 Å². The highest BCUT2D eigenvalue weighted by atomic mass is 16.3. The number of hydrogen-bond donors (Lipinski definition) is 3. The number of H-pyrrole nitrogens is 1. The number of hydrogen-bond acceptors (Lipinski definition) is 5. The van der Waals surface area contributed by atoms with E-state index < -0.39 is 6.10 Å². The van der Waals surface area contributed by atoms with Gasteiger partial charge in [0.1, 0.15) is 17.7 Å². The number of fused-ring (bicyclic) bond motifs is 2. The fraction of sp³-hybridized carbons (Fsp3) is 0.550.